The van der Waals surface area contributed by atoms with Crippen molar-refractivity contribution in [3.8, 4) is 0 Å². The van der Waals surface area contributed by atoms with E-state index in [1.165, 1.54) is 31.8 Å². The predicted octanol–water partition coefficient (Wildman–Crippen LogP) is 5.46. The molecule has 8 atom stereocenters. The molecule has 4 heteroatoms. The highest BCUT2D eigenvalue weighted by Gasteiger charge is 2.61. The van der Waals surface area contributed by atoms with Crippen molar-refractivity contribution in [2.45, 2.75) is 83.6 Å². The van der Waals surface area contributed by atoms with Gasteiger partial charge in [0.2, 0.25) is 0 Å². The number of Topliss-reactive ketones (excluding diaryl/α,β-unsaturated/α-hetero) is 1. The molecule has 2 unspecified atom stereocenters. The summed E-state index contributed by atoms with van der Waals surface area (Å²) >= 11 is 4.04. The van der Waals surface area contributed by atoms with Crippen LogP contribution >= 0.6 is 15.9 Å². The third-order valence-corrected chi connectivity index (χ3v) is 9.74. The maximum absolute atomic E-state index is 12.3. The van der Waals surface area contributed by atoms with Gasteiger partial charge in [0.1, 0.15) is 11.9 Å². The molecule has 0 saturated heterocycles. The van der Waals surface area contributed by atoms with Crippen LogP contribution in [0.5, 0.6) is 0 Å². The summed E-state index contributed by atoms with van der Waals surface area (Å²) in [4.78, 5) is 24.1. The van der Waals surface area contributed by atoms with Gasteiger partial charge in [-0.1, -0.05) is 41.4 Å². The van der Waals surface area contributed by atoms with Gasteiger partial charge in [0.05, 0.1) is 0 Å². The molecule has 3 saturated carbocycles. The highest BCUT2D eigenvalue weighted by atomic mass is 79.9. The van der Waals surface area contributed by atoms with Crippen LogP contribution in [0, 0.1) is 34.5 Å². The molecule has 0 N–H and O–H groups in total. The average molecular weight is 437 g/mol. The lowest BCUT2D eigenvalue weighted by atomic mass is 9.47. The molecule has 0 aromatic rings. The third-order valence-electron chi connectivity index (χ3n) is 8.87. The highest BCUT2D eigenvalue weighted by molar-refractivity contribution is 9.09. The van der Waals surface area contributed by atoms with E-state index in [0.717, 1.165) is 25.7 Å². The Morgan fingerprint density at radius 1 is 1.07 bits per heavy atom. The number of allylic oxidation sites excluding steroid dienone is 1. The molecular formula is C23H33BrO3. The van der Waals surface area contributed by atoms with Crippen LogP contribution in [-0.4, -0.2) is 22.7 Å². The molecule has 3 nitrogen and oxygen atoms in total. The molecule has 0 spiro atoms. The monoisotopic (exact) mass is 436 g/mol. The Morgan fingerprint density at radius 3 is 2.48 bits per heavy atom. The van der Waals surface area contributed by atoms with Crippen molar-refractivity contribution in [3.63, 3.8) is 0 Å². The van der Waals surface area contributed by atoms with Gasteiger partial charge in [-0.25, -0.2) is 0 Å². The molecule has 0 radical (unpaired) electrons. The Bertz CT molecular complexity index is 685. The van der Waals surface area contributed by atoms with E-state index in [1.54, 1.807) is 6.92 Å². The molecule has 0 amide bonds. The first-order valence-electron chi connectivity index (χ1n) is 10.7. The summed E-state index contributed by atoms with van der Waals surface area (Å²) in [6, 6.07) is 0. The van der Waals surface area contributed by atoms with Crippen LogP contribution in [0.1, 0.15) is 72.6 Å². The van der Waals surface area contributed by atoms with E-state index in [2.05, 4.69) is 35.9 Å². The maximum Gasteiger partial charge on any atom is 0.302 e. The predicted molar refractivity (Wildman–Crippen MR) is 110 cm³/mol. The number of halogens is 1. The van der Waals surface area contributed by atoms with Crippen molar-refractivity contribution in [2.24, 2.45) is 34.5 Å². The molecule has 0 aromatic carbocycles. The third kappa shape index (κ3) is 2.96. The molecule has 0 aliphatic heterocycles. The summed E-state index contributed by atoms with van der Waals surface area (Å²) in [5, 5.41) is 0. The molecule has 0 heterocycles. The molecule has 4 rings (SSSR count). The minimum atomic E-state index is -0.164. The number of esters is 1. The molecule has 3 fully saturated rings. The SMILES string of the molecule is CC(=O)OC1CC[C@@]2(C)C(=CC(Br)[C@H]3[C@@H]4CC[C@H](C(C)=O)[C@@]4(C)CC[C@@H]32)C1. The number of ketones is 1. The fraction of sp³-hybridized carbons (Fsp3) is 0.826. The van der Waals surface area contributed by atoms with Gasteiger partial charge >= 0.3 is 5.97 Å². The second-order valence-electron chi connectivity index (χ2n) is 10.1. The first kappa shape index (κ1) is 19.7. The summed E-state index contributed by atoms with van der Waals surface area (Å²) in [7, 11) is 0. The Hall–Kier alpha value is -0.640. The highest BCUT2D eigenvalue weighted by Crippen LogP contribution is 2.67. The topological polar surface area (TPSA) is 43.4 Å². The number of hydrogen-bond acceptors (Lipinski definition) is 3. The lowest BCUT2D eigenvalue weighted by molar-refractivity contribution is -0.149. The molecule has 4 aliphatic rings. The maximum atomic E-state index is 12.3. The van der Waals surface area contributed by atoms with Crippen LogP contribution in [-0.2, 0) is 14.3 Å². The quantitative estimate of drug-likeness (QED) is 0.327. The zero-order valence-electron chi connectivity index (χ0n) is 17.1. The first-order valence-corrected chi connectivity index (χ1v) is 11.6. The number of ether oxygens (including phenoxy) is 1. The zero-order chi connectivity index (χ0) is 19.6. The molecule has 27 heavy (non-hydrogen) atoms. The van der Waals surface area contributed by atoms with Crippen LogP contribution in [0.25, 0.3) is 0 Å². The van der Waals surface area contributed by atoms with Gasteiger partial charge in [-0.05, 0) is 74.0 Å². The van der Waals surface area contributed by atoms with Crippen LogP contribution < -0.4 is 0 Å². The summed E-state index contributed by atoms with van der Waals surface area (Å²) < 4.78 is 5.55. The summed E-state index contributed by atoms with van der Waals surface area (Å²) in [5.74, 6) is 2.40. The number of rotatable bonds is 2. The van der Waals surface area contributed by atoms with Crippen LogP contribution in [0.2, 0.25) is 0 Å². The Balaban J connectivity index is 1.64. The number of fused-ring (bicyclic) bond motifs is 5. The van der Waals surface area contributed by atoms with Gasteiger partial charge in [0.15, 0.2) is 0 Å². The largest absolute Gasteiger partial charge is 0.462 e. The van der Waals surface area contributed by atoms with Crippen LogP contribution in [0.3, 0.4) is 0 Å². The molecule has 0 bridgehead atoms. The minimum absolute atomic E-state index is 0.0421. The van der Waals surface area contributed by atoms with Crippen molar-refractivity contribution in [2.75, 3.05) is 0 Å². The number of hydrogen-bond donors (Lipinski definition) is 0. The van der Waals surface area contributed by atoms with Crippen LogP contribution in [0.4, 0.5) is 0 Å². The van der Waals surface area contributed by atoms with E-state index in [1.807, 2.05) is 0 Å². The summed E-state index contributed by atoms with van der Waals surface area (Å²) in [5.41, 5.74) is 1.89. The minimum Gasteiger partial charge on any atom is -0.462 e. The van der Waals surface area contributed by atoms with Crippen molar-refractivity contribution in [1.82, 2.24) is 0 Å². The van der Waals surface area contributed by atoms with E-state index < -0.39 is 0 Å². The Kier molecular flexibility index (Phi) is 4.89. The number of carbonyl (C=O) groups is 2. The zero-order valence-corrected chi connectivity index (χ0v) is 18.7. The lowest BCUT2D eigenvalue weighted by Crippen LogP contribution is -2.54. The van der Waals surface area contributed by atoms with Crippen molar-refractivity contribution < 1.29 is 14.3 Å². The van der Waals surface area contributed by atoms with Gasteiger partial charge in [-0.15, -0.1) is 0 Å². The lowest BCUT2D eigenvalue weighted by Gasteiger charge is -2.59. The number of carbonyl (C=O) groups excluding carboxylic acids is 2. The van der Waals surface area contributed by atoms with E-state index in [-0.39, 0.29) is 28.8 Å². The normalized spacial score (nSPS) is 48.7. The van der Waals surface area contributed by atoms with E-state index >= 15 is 0 Å². The molecule has 0 aromatic heterocycles. The van der Waals surface area contributed by atoms with Crippen molar-refractivity contribution >= 4 is 27.7 Å². The van der Waals surface area contributed by atoms with Crippen LogP contribution in [0.15, 0.2) is 11.6 Å². The second kappa shape index (κ2) is 6.71. The summed E-state index contributed by atoms with van der Waals surface area (Å²) in [6.07, 6.45) is 10.1. The smallest absolute Gasteiger partial charge is 0.302 e. The van der Waals surface area contributed by atoms with Gasteiger partial charge in [-0.2, -0.15) is 0 Å². The average Bonchev–Trinajstić information content (AvgIpc) is 2.93. The van der Waals surface area contributed by atoms with Crippen molar-refractivity contribution in [1.29, 1.82) is 0 Å². The van der Waals surface area contributed by atoms with E-state index in [9.17, 15) is 9.59 Å². The van der Waals surface area contributed by atoms with Gasteiger partial charge in [0.25, 0.3) is 0 Å². The number of alkyl halides is 1. The standard InChI is InChI=1S/C23H33BrO3/c1-13(25)17-5-6-18-21-19(8-10-23(17,18)4)22(3)9-7-16(27-14(2)26)11-15(22)12-20(21)24/h12,16-21H,5-11H2,1-4H3/t16?,17-,18+,19+,20?,21+,22+,23-/m1/s1. The second-order valence-corrected chi connectivity index (χ2v) is 11.2. The van der Waals surface area contributed by atoms with Gasteiger partial charge in [-0.3, -0.25) is 9.59 Å². The fourth-order valence-electron chi connectivity index (χ4n) is 7.57. The first-order chi connectivity index (χ1) is 12.7. The fourth-order valence-corrected chi connectivity index (χ4v) is 8.63. The Labute approximate surface area is 171 Å². The van der Waals surface area contributed by atoms with Crippen molar-refractivity contribution in [3.05, 3.63) is 11.6 Å². The van der Waals surface area contributed by atoms with E-state index in [0.29, 0.717) is 28.4 Å². The van der Waals surface area contributed by atoms with E-state index in [4.69, 9.17) is 4.74 Å². The van der Waals surface area contributed by atoms with Gasteiger partial charge < -0.3 is 4.74 Å². The summed E-state index contributed by atoms with van der Waals surface area (Å²) in [6.45, 7) is 8.16. The molecule has 4 aliphatic carbocycles. The Morgan fingerprint density at radius 2 is 1.81 bits per heavy atom. The molecular weight excluding hydrogens is 404 g/mol. The van der Waals surface area contributed by atoms with Gasteiger partial charge in [0, 0.05) is 24.1 Å². The molecule has 150 valence electrons.